The van der Waals surface area contributed by atoms with Crippen LogP contribution in [0.15, 0.2) is 35.4 Å². The van der Waals surface area contributed by atoms with Gasteiger partial charge in [0, 0.05) is 12.4 Å². The van der Waals surface area contributed by atoms with Crippen molar-refractivity contribution in [3.63, 3.8) is 0 Å². The summed E-state index contributed by atoms with van der Waals surface area (Å²) in [6.07, 6.45) is 2.89. The molecule has 0 saturated heterocycles. The predicted molar refractivity (Wildman–Crippen MR) is 60.5 cm³/mol. The van der Waals surface area contributed by atoms with Crippen molar-refractivity contribution >= 4 is 5.69 Å². The molecule has 0 fully saturated rings. The van der Waals surface area contributed by atoms with Gasteiger partial charge in [0.25, 0.3) is 5.88 Å². The fourth-order valence-corrected chi connectivity index (χ4v) is 1.26. The number of H-pyrrole nitrogens is 1. The molecule has 1 aromatic heterocycles. The fraction of sp³-hybridized carbons (Fsp3) is 0.0909. The molecule has 82 valence electrons. The second-order valence-corrected chi connectivity index (χ2v) is 3.31. The SMILES string of the molecule is Cc1cccc(Oc2ncc[nH]c2=O)c1N. The summed E-state index contributed by atoms with van der Waals surface area (Å²) in [7, 11) is 0. The predicted octanol–water partition coefficient (Wildman–Crippen LogP) is 1.45. The minimum atomic E-state index is -0.386. The van der Waals surface area contributed by atoms with Gasteiger partial charge in [-0.1, -0.05) is 12.1 Å². The van der Waals surface area contributed by atoms with E-state index >= 15 is 0 Å². The number of aromatic amines is 1. The van der Waals surface area contributed by atoms with E-state index in [-0.39, 0.29) is 11.4 Å². The van der Waals surface area contributed by atoms with Crippen LogP contribution in [0.3, 0.4) is 0 Å². The third kappa shape index (κ3) is 1.88. The zero-order valence-electron chi connectivity index (χ0n) is 8.73. The average molecular weight is 217 g/mol. The summed E-state index contributed by atoms with van der Waals surface area (Å²) in [5.74, 6) is 0.420. The first-order valence-electron chi connectivity index (χ1n) is 4.75. The Morgan fingerprint density at radius 3 is 3.00 bits per heavy atom. The number of aryl methyl sites for hydroxylation is 1. The lowest BCUT2D eigenvalue weighted by Gasteiger charge is -2.08. The highest BCUT2D eigenvalue weighted by molar-refractivity contribution is 5.58. The Labute approximate surface area is 91.9 Å². The van der Waals surface area contributed by atoms with E-state index < -0.39 is 0 Å². The second-order valence-electron chi connectivity index (χ2n) is 3.31. The van der Waals surface area contributed by atoms with Gasteiger partial charge < -0.3 is 15.5 Å². The number of nitrogens with zero attached hydrogens (tertiary/aromatic N) is 1. The number of para-hydroxylation sites is 1. The number of aromatic nitrogens is 2. The van der Waals surface area contributed by atoms with Crippen LogP contribution in [-0.4, -0.2) is 9.97 Å². The summed E-state index contributed by atoms with van der Waals surface area (Å²) < 4.78 is 5.34. The number of ether oxygens (including phenoxy) is 1. The Morgan fingerprint density at radius 1 is 1.44 bits per heavy atom. The van der Waals surface area contributed by atoms with Crippen molar-refractivity contribution in [3.8, 4) is 11.6 Å². The van der Waals surface area contributed by atoms with Crippen LogP contribution in [0.25, 0.3) is 0 Å². The van der Waals surface area contributed by atoms with Gasteiger partial charge in [0.05, 0.1) is 5.69 Å². The van der Waals surface area contributed by atoms with Crippen LogP contribution < -0.4 is 16.0 Å². The van der Waals surface area contributed by atoms with Crippen LogP contribution in [0.1, 0.15) is 5.56 Å². The van der Waals surface area contributed by atoms with E-state index in [1.54, 1.807) is 12.1 Å². The lowest BCUT2D eigenvalue weighted by molar-refractivity contribution is 0.456. The molecule has 5 nitrogen and oxygen atoms in total. The van der Waals surface area contributed by atoms with Gasteiger partial charge in [0.1, 0.15) is 0 Å². The van der Waals surface area contributed by atoms with E-state index in [9.17, 15) is 4.79 Å². The highest BCUT2D eigenvalue weighted by atomic mass is 16.5. The van der Waals surface area contributed by atoms with Crippen molar-refractivity contribution in [2.45, 2.75) is 6.92 Å². The summed E-state index contributed by atoms with van der Waals surface area (Å²) in [4.78, 5) is 17.6. The van der Waals surface area contributed by atoms with Gasteiger partial charge in [0.2, 0.25) is 0 Å². The molecular formula is C11H11N3O2. The summed E-state index contributed by atoms with van der Waals surface area (Å²) in [5, 5.41) is 0. The van der Waals surface area contributed by atoms with Crippen molar-refractivity contribution in [2.24, 2.45) is 0 Å². The normalized spacial score (nSPS) is 10.1. The molecule has 0 radical (unpaired) electrons. The van der Waals surface area contributed by atoms with Crippen LogP contribution in [0.2, 0.25) is 0 Å². The zero-order valence-corrected chi connectivity index (χ0v) is 8.73. The lowest BCUT2D eigenvalue weighted by atomic mass is 10.2. The minimum Gasteiger partial charge on any atom is -0.432 e. The number of benzene rings is 1. The number of anilines is 1. The number of nitrogen functional groups attached to an aromatic ring is 1. The maximum absolute atomic E-state index is 11.3. The van der Waals surface area contributed by atoms with Crippen LogP contribution in [0.4, 0.5) is 5.69 Å². The molecule has 1 aromatic carbocycles. The topological polar surface area (TPSA) is 81.0 Å². The molecule has 0 atom stereocenters. The molecule has 0 aliphatic carbocycles. The molecule has 2 aromatic rings. The van der Waals surface area contributed by atoms with Crippen molar-refractivity contribution < 1.29 is 4.74 Å². The average Bonchev–Trinajstić information content (AvgIpc) is 2.28. The first kappa shape index (κ1) is 10.2. The largest absolute Gasteiger partial charge is 0.432 e. The summed E-state index contributed by atoms with van der Waals surface area (Å²) in [6, 6.07) is 5.36. The van der Waals surface area contributed by atoms with Crippen LogP contribution in [0.5, 0.6) is 11.6 Å². The minimum absolute atomic E-state index is 0.0141. The van der Waals surface area contributed by atoms with E-state index in [0.29, 0.717) is 11.4 Å². The van der Waals surface area contributed by atoms with Gasteiger partial charge in [-0.05, 0) is 18.6 Å². The molecule has 0 aliphatic heterocycles. The number of hydrogen-bond donors (Lipinski definition) is 2. The molecule has 0 spiro atoms. The number of rotatable bonds is 2. The highest BCUT2D eigenvalue weighted by Crippen LogP contribution is 2.26. The maximum Gasteiger partial charge on any atom is 0.311 e. The van der Waals surface area contributed by atoms with Crippen molar-refractivity contribution in [1.82, 2.24) is 9.97 Å². The molecule has 2 rings (SSSR count). The Balaban J connectivity index is 2.38. The third-order valence-electron chi connectivity index (χ3n) is 2.17. The molecular weight excluding hydrogens is 206 g/mol. The zero-order chi connectivity index (χ0) is 11.5. The Kier molecular flexibility index (Phi) is 2.59. The van der Waals surface area contributed by atoms with Gasteiger partial charge in [-0.15, -0.1) is 0 Å². The maximum atomic E-state index is 11.3. The summed E-state index contributed by atoms with van der Waals surface area (Å²) in [5.41, 5.74) is 6.83. The Bertz CT molecular complexity index is 563. The fourth-order valence-electron chi connectivity index (χ4n) is 1.26. The van der Waals surface area contributed by atoms with E-state index in [2.05, 4.69) is 9.97 Å². The number of nitrogens with two attached hydrogens (primary N) is 1. The van der Waals surface area contributed by atoms with Crippen LogP contribution >= 0.6 is 0 Å². The third-order valence-corrected chi connectivity index (χ3v) is 2.17. The molecule has 5 heteroatoms. The lowest BCUT2D eigenvalue weighted by Crippen LogP contribution is -2.10. The molecule has 1 heterocycles. The molecule has 0 saturated carbocycles. The Hall–Kier alpha value is -2.30. The second kappa shape index (κ2) is 4.06. The molecule has 0 amide bonds. The smallest absolute Gasteiger partial charge is 0.311 e. The first-order chi connectivity index (χ1) is 7.68. The van der Waals surface area contributed by atoms with Gasteiger partial charge in [-0.25, -0.2) is 4.98 Å². The highest BCUT2D eigenvalue weighted by Gasteiger charge is 2.07. The monoisotopic (exact) mass is 217 g/mol. The Morgan fingerprint density at radius 2 is 2.25 bits per heavy atom. The van der Waals surface area contributed by atoms with Gasteiger partial charge in [-0.2, -0.15) is 0 Å². The van der Waals surface area contributed by atoms with Crippen molar-refractivity contribution in [2.75, 3.05) is 5.73 Å². The molecule has 0 aliphatic rings. The molecule has 0 bridgehead atoms. The quantitative estimate of drug-likeness (QED) is 0.746. The van der Waals surface area contributed by atoms with Gasteiger partial charge in [0.15, 0.2) is 5.75 Å². The van der Waals surface area contributed by atoms with E-state index in [0.717, 1.165) is 5.56 Å². The van der Waals surface area contributed by atoms with Gasteiger partial charge >= 0.3 is 5.56 Å². The van der Waals surface area contributed by atoms with E-state index in [4.69, 9.17) is 10.5 Å². The van der Waals surface area contributed by atoms with E-state index in [1.165, 1.54) is 12.4 Å². The van der Waals surface area contributed by atoms with Crippen molar-refractivity contribution in [3.05, 3.63) is 46.5 Å². The first-order valence-corrected chi connectivity index (χ1v) is 4.75. The van der Waals surface area contributed by atoms with Crippen molar-refractivity contribution in [1.29, 1.82) is 0 Å². The summed E-state index contributed by atoms with van der Waals surface area (Å²) >= 11 is 0. The molecule has 16 heavy (non-hydrogen) atoms. The van der Waals surface area contributed by atoms with Gasteiger partial charge in [-0.3, -0.25) is 4.79 Å². The van der Waals surface area contributed by atoms with Crippen LogP contribution in [-0.2, 0) is 0 Å². The van der Waals surface area contributed by atoms with Crippen LogP contribution in [0, 0.1) is 6.92 Å². The standard InChI is InChI=1S/C11H11N3O2/c1-7-3-2-4-8(9(7)12)16-11-10(15)13-5-6-14-11/h2-6H,12H2,1H3,(H,13,15). The molecule has 0 unspecified atom stereocenters. The van der Waals surface area contributed by atoms with E-state index in [1.807, 2.05) is 13.0 Å². The number of hydrogen-bond acceptors (Lipinski definition) is 4. The molecule has 3 N–H and O–H groups in total. The number of nitrogens with one attached hydrogen (secondary N) is 1. The summed E-state index contributed by atoms with van der Waals surface area (Å²) in [6.45, 7) is 1.87.